The second kappa shape index (κ2) is 5.56. The molecule has 2 atom stereocenters. The van der Waals surface area contributed by atoms with Gasteiger partial charge in [-0.05, 0) is 13.3 Å². The lowest BCUT2D eigenvalue weighted by Crippen LogP contribution is -2.37. The van der Waals surface area contributed by atoms with Crippen molar-refractivity contribution in [3.8, 4) is 0 Å². The molecule has 0 spiro atoms. The lowest BCUT2D eigenvalue weighted by molar-refractivity contribution is -0.137. The summed E-state index contributed by atoms with van der Waals surface area (Å²) in [6.45, 7) is 5.43. The Kier molecular flexibility index (Phi) is 5.11. The standard InChI is InChI=1S/C9H17NO3/c1-4-6(2)9(13)10-7(3)5-8(11)12/h6-7H,4-5H2,1-3H3,(H,10,13)(H,11,12). The Morgan fingerprint density at radius 3 is 2.31 bits per heavy atom. The maximum Gasteiger partial charge on any atom is 0.305 e. The molecule has 0 aromatic rings. The third-order valence-corrected chi connectivity index (χ3v) is 1.93. The van der Waals surface area contributed by atoms with Crippen molar-refractivity contribution in [2.75, 3.05) is 0 Å². The number of carboxylic acid groups (broad SMARTS) is 1. The monoisotopic (exact) mass is 187 g/mol. The highest BCUT2D eigenvalue weighted by Gasteiger charge is 2.14. The highest BCUT2D eigenvalue weighted by atomic mass is 16.4. The number of hydrogen-bond acceptors (Lipinski definition) is 2. The van der Waals surface area contributed by atoms with Gasteiger partial charge in [-0.2, -0.15) is 0 Å². The van der Waals surface area contributed by atoms with Crippen LogP contribution < -0.4 is 5.32 Å². The summed E-state index contributed by atoms with van der Waals surface area (Å²) in [6, 6.07) is -0.293. The number of rotatable bonds is 5. The molecule has 0 heterocycles. The topological polar surface area (TPSA) is 66.4 Å². The van der Waals surface area contributed by atoms with Crippen LogP contribution in [0.4, 0.5) is 0 Å². The molecule has 0 fully saturated rings. The summed E-state index contributed by atoms with van der Waals surface area (Å²) < 4.78 is 0. The van der Waals surface area contributed by atoms with E-state index in [2.05, 4.69) is 5.32 Å². The first-order valence-corrected chi connectivity index (χ1v) is 4.49. The first-order chi connectivity index (χ1) is 5.97. The molecular formula is C9H17NO3. The SMILES string of the molecule is CCC(C)C(=O)NC(C)CC(=O)O. The zero-order valence-electron chi connectivity index (χ0n) is 8.33. The Bertz CT molecular complexity index is 191. The Labute approximate surface area is 78.3 Å². The van der Waals surface area contributed by atoms with Crippen LogP contribution in [0.15, 0.2) is 0 Å². The van der Waals surface area contributed by atoms with Crippen molar-refractivity contribution in [1.82, 2.24) is 5.32 Å². The minimum absolute atomic E-state index is 0.0256. The molecule has 2 N–H and O–H groups in total. The van der Waals surface area contributed by atoms with Crippen LogP contribution >= 0.6 is 0 Å². The average molecular weight is 187 g/mol. The molecule has 0 bridgehead atoms. The summed E-state index contributed by atoms with van der Waals surface area (Å²) >= 11 is 0. The van der Waals surface area contributed by atoms with Gasteiger partial charge < -0.3 is 10.4 Å². The molecule has 0 rings (SSSR count). The molecule has 0 aromatic heterocycles. The van der Waals surface area contributed by atoms with Crippen molar-refractivity contribution in [3.63, 3.8) is 0 Å². The van der Waals surface area contributed by atoms with Crippen LogP contribution in [0.1, 0.15) is 33.6 Å². The van der Waals surface area contributed by atoms with E-state index in [0.29, 0.717) is 0 Å². The van der Waals surface area contributed by atoms with Gasteiger partial charge >= 0.3 is 5.97 Å². The molecule has 0 aliphatic heterocycles. The van der Waals surface area contributed by atoms with Crippen molar-refractivity contribution in [2.24, 2.45) is 5.92 Å². The minimum Gasteiger partial charge on any atom is -0.481 e. The van der Waals surface area contributed by atoms with Gasteiger partial charge in [-0.1, -0.05) is 13.8 Å². The molecule has 4 heteroatoms. The number of carbonyl (C=O) groups is 2. The van der Waals surface area contributed by atoms with Crippen molar-refractivity contribution >= 4 is 11.9 Å². The van der Waals surface area contributed by atoms with E-state index in [1.165, 1.54) is 0 Å². The van der Waals surface area contributed by atoms with E-state index in [4.69, 9.17) is 5.11 Å². The lowest BCUT2D eigenvalue weighted by atomic mass is 10.1. The Balaban J connectivity index is 3.84. The number of carbonyl (C=O) groups excluding carboxylic acids is 1. The van der Waals surface area contributed by atoms with Gasteiger partial charge in [0.1, 0.15) is 0 Å². The second-order valence-electron chi connectivity index (χ2n) is 3.32. The van der Waals surface area contributed by atoms with Gasteiger partial charge in [0.05, 0.1) is 6.42 Å². The van der Waals surface area contributed by atoms with Crippen LogP contribution in [-0.2, 0) is 9.59 Å². The molecule has 0 aromatic carbocycles. The van der Waals surface area contributed by atoms with E-state index in [1.807, 2.05) is 13.8 Å². The van der Waals surface area contributed by atoms with E-state index < -0.39 is 5.97 Å². The molecule has 13 heavy (non-hydrogen) atoms. The van der Waals surface area contributed by atoms with E-state index >= 15 is 0 Å². The van der Waals surface area contributed by atoms with Crippen LogP contribution in [0.5, 0.6) is 0 Å². The minimum atomic E-state index is -0.892. The van der Waals surface area contributed by atoms with Crippen molar-refractivity contribution < 1.29 is 14.7 Å². The molecule has 0 saturated carbocycles. The molecule has 2 unspecified atom stereocenters. The number of nitrogens with one attached hydrogen (secondary N) is 1. The third kappa shape index (κ3) is 5.22. The number of hydrogen-bond donors (Lipinski definition) is 2. The predicted molar refractivity (Wildman–Crippen MR) is 49.3 cm³/mol. The highest BCUT2D eigenvalue weighted by Crippen LogP contribution is 2.01. The third-order valence-electron chi connectivity index (χ3n) is 1.93. The van der Waals surface area contributed by atoms with E-state index in [0.717, 1.165) is 6.42 Å². The van der Waals surface area contributed by atoms with Gasteiger partial charge in [-0.25, -0.2) is 0 Å². The van der Waals surface area contributed by atoms with Crippen LogP contribution in [0.2, 0.25) is 0 Å². The molecule has 76 valence electrons. The van der Waals surface area contributed by atoms with Crippen molar-refractivity contribution in [3.05, 3.63) is 0 Å². The van der Waals surface area contributed by atoms with Gasteiger partial charge in [-0.3, -0.25) is 9.59 Å². The zero-order chi connectivity index (χ0) is 10.4. The van der Waals surface area contributed by atoms with Gasteiger partial charge in [0, 0.05) is 12.0 Å². The van der Waals surface area contributed by atoms with Crippen LogP contribution in [-0.4, -0.2) is 23.0 Å². The molecule has 1 amide bonds. The summed E-state index contributed by atoms with van der Waals surface area (Å²) in [5.74, 6) is -1.01. The Hall–Kier alpha value is -1.06. The summed E-state index contributed by atoms with van der Waals surface area (Å²) in [6.07, 6.45) is 0.744. The summed E-state index contributed by atoms with van der Waals surface area (Å²) in [5.41, 5.74) is 0. The number of carboxylic acids is 1. The second-order valence-corrected chi connectivity index (χ2v) is 3.32. The van der Waals surface area contributed by atoms with Crippen molar-refractivity contribution in [1.29, 1.82) is 0 Å². The van der Waals surface area contributed by atoms with Gasteiger partial charge in [0.15, 0.2) is 0 Å². The molecule has 0 aliphatic rings. The predicted octanol–water partition coefficient (Wildman–Crippen LogP) is 1.01. The van der Waals surface area contributed by atoms with E-state index in [9.17, 15) is 9.59 Å². The average Bonchev–Trinajstić information content (AvgIpc) is 2.01. The normalized spacial score (nSPS) is 14.7. The highest BCUT2D eigenvalue weighted by molar-refractivity contribution is 5.79. The Morgan fingerprint density at radius 2 is 1.92 bits per heavy atom. The molecule has 0 saturated heterocycles. The maximum atomic E-state index is 11.3. The van der Waals surface area contributed by atoms with Crippen LogP contribution in [0, 0.1) is 5.92 Å². The molecular weight excluding hydrogens is 170 g/mol. The van der Waals surface area contributed by atoms with E-state index in [1.54, 1.807) is 6.92 Å². The largest absolute Gasteiger partial charge is 0.481 e. The molecule has 4 nitrogen and oxygen atoms in total. The van der Waals surface area contributed by atoms with Gasteiger partial charge in [0.25, 0.3) is 0 Å². The number of amides is 1. The summed E-state index contributed by atoms with van der Waals surface area (Å²) in [4.78, 5) is 21.5. The fourth-order valence-corrected chi connectivity index (χ4v) is 0.883. The lowest BCUT2D eigenvalue weighted by Gasteiger charge is -2.14. The number of aliphatic carboxylic acids is 1. The maximum absolute atomic E-state index is 11.3. The van der Waals surface area contributed by atoms with Crippen LogP contribution in [0.3, 0.4) is 0 Å². The quantitative estimate of drug-likeness (QED) is 0.675. The fraction of sp³-hybridized carbons (Fsp3) is 0.778. The first-order valence-electron chi connectivity index (χ1n) is 4.49. The molecule has 0 aliphatic carbocycles. The zero-order valence-corrected chi connectivity index (χ0v) is 8.33. The smallest absolute Gasteiger partial charge is 0.305 e. The van der Waals surface area contributed by atoms with Gasteiger partial charge in [-0.15, -0.1) is 0 Å². The summed E-state index contributed by atoms with van der Waals surface area (Å²) in [5, 5.41) is 11.1. The summed E-state index contributed by atoms with van der Waals surface area (Å²) in [7, 11) is 0. The van der Waals surface area contributed by atoms with E-state index in [-0.39, 0.29) is 24.3 Å². The fourth-order valence-electron chi connectivity index (χ4n) is 0.883. The van der Waals surface area contributed by atoms with Crippen LogP contribution in [0.25, 0.3) is 0 Å². The van der Waals surface area contributed by atoms with Gasteiger partial charge in [0.2, 0.25) is 5.91 Å². The Morgan fingerprint density at radius 1 is 1.38 bits per heavy atom. The first kappa shape index (κ1) is 11.9. The van der Waals surface area contributed by atoms with Crippen molar-refractivity contribution in [2.45, 2.75) is 39.7 Å². The molecule has 0 radical (unpaired) electrons.